The van der Waals surface area contributed by atoms with Crippen molar-refractivity contribution in [2.75, 3.05) is 26.2 Å². The molecule has 2 aromatic carbocycles. The van der Waals surface area contributed by atoms with Gasteiger partial charge in [-0.05, 0) is 49.3 Å². The molecule has 2 aromatic rings. The average molecular weight is 379 g/mol. The number of nitrogens with zero attached hydrogens (tertiary/aromatic N) is 2. The number of carbonyl (C=O) groups excluding carboxylic acids is 1. The van der Waals surface area contributed by atoms with Gasteiger partial charge in [0.05, 0.1) is 6.04 Å². The van der Waals surface area contributed by atoms with Gasteiger partial charge in [-0.2, -0.15) is 0 Å². The lowest BCUT2D eigenvalue weighted by molar-refractivity contribution is 0.0817. The molecule has 2 aliphatic rings. The van der Waals surface area contributed by atoms with E-state index in [9.17, 15) is 4.79 Å². The summed E-state index contributed by atoms with van der Waals surface area (Å²) in [7, 11) is 0. The Morgan fingerprint density at radius 2 is 1.64 bits per heavy atom. The Balaban J connectivity index is 1.34. The number of amides is 1. The molecule has 0 radical (unpaired) electrons. The minimum atomic E-state index is -0.152. The first-order valence-corrected chi connectivity index (χ1v) is 10.5. The summed E-state index contributed by atoms with van der Waals surface area (Å²) in [5.41, 5.74) is 2.42. The quantitative estimate of drug-likeness (QED) is 0.775. The lowest BCUT2D eigenvalue weighted by Crippen LogP contribution is -2.45. The molecule has 2 fully saturated rings. The standard InChI is InChI=1S/C24H30N2O2/c27-24(28-19-21-10-5-2-6-11-21)26-17-14-22-12-7-15-25(18-23(22)26)16-13-20-8-3-1-4-9-20/h1-6,8-11,22-23H,7,12-19H2. The van der Waals surface area contributed by atoms with Gasteiger partial charge in [0.2, 0.25) is 0 Å². The summed E-state index contributed by atoms with van der Waals surface area (Å²) < 4.78 is 5.63. The molecule has 0 spiro atoms. The third kappa shape index (κ3) is 4.74. The van der Waals surface area contributed by atoms with Crippen molar-refractivity contribution in [2.24, 2.45) is 5.92 Å². The van der Waals surface area contributed by atoms with Gasteiger partial charge in [-0.3, -0.25) is 0 Å². The Kier molecular flexibility index (Phi) is 6.27. The van der Waals surface area contributed by atoms with E-state index in [1.807, 2.05) is 35.2 Å². The summed E-state index contributed by atoms with van der Waals surface area (Å²) in [6.07, 6.45) is 4.47. The molecule has 0 aliphatic carbocycles. The first-order chi connectivity index (χ1) is 13.8. The van der Waals surface area contributed by atoms with Gasteiger partial charge in [0, 0.05) is 19.6 Å². The Hall–Kier alpha value is -2.33. The molecule has 148 valence electrons. The zero-order valence-corrected chi connectivity index (χ0v) is 16.5. The molecule has 4 heteroatoms. The van der Waals surface area contributed by atoms with Crippen LogP contribution in [-0.4, -0.2) is 48.1 Å². The van der Waals surface area contributed by atoms with Crippen molar-refractivity contribution in [1.29, 1.82) is 0 Å². The second-order valence-electron chi connectivity index (χ2n) is 8.03. The molecule has 2 saturated heterocycles. The first kappa shape index (κ1) is 19.0. The van der Waals surface area contributed by atoms with Crippen molar-refractivity contribution < 1.29 is 9.53 Å². The number of benzene rings is 2. The predicted molar refractivity (Wildman–Crippen MR) is 111 cm³/mol. The van der Waals surface area contributed by atoms with Gasteiger partial charge in [-0.1, -0.05) is 60.7 Å². The van der Waals surface area contributed by atoms with Crippen LogP contribution in [0.4, 0.5) is 4.79 Å². The second kappa shape index (κ2) is 9.24. The summed E-state index contributed by atoms with van der Waals surface area (Å²) in [5, 5.41) is 0. The second-order valence-corrected chi connectivity index (χ2v) is 8.03. The first-order valence-electron chi connectivity index (χ1n) is 10.5. The zero-order chi connectivity index (χ0) is 19.2. The number of carbonyl (C=O) groups is 1. The molecule has 0 saturated carbocycles. The van der Waals surface area contributed by atoms with Crippen LogP contribution in [0.15, 0.2) is 60.7 Å². The van der Waals surface area contributed by atoms with Crippen molar-refractivity contribution in [3.8, 4) is 0 Å². The SMILES string of the molecule is O=C(OCc1ccccc1)N1CCC2CCCN(CCc3ccccc3)CC21. The highest BCUT2D eigenvalue weighted by atomic mass is 16.6. The molecule has 4 nitrogen and oxygen atoms in total. The summed E-state index contributed by atoms with van der Waals surface area (Å²) >= 11 is 0. The zero-order valence-electron chi connectivity index (χ0n) is 16.5. The van der Waals surface area contributed by atoms with Crippen molar-refractivity contribution in [3.05, 3.63) is 71.8 Å². The van der Waals surface area contributed by atoms with Crippen LogP contribution < -0.4 is 0 Å². The van der Waals surface area contributed by atoms with Gasteiger partial charge in [0.1, 0.15) is 6.61 Å². The molecule has 0 aromatic heterocycles. The number of hydrogen-bond donors (Lipinski definition) is 0. The Labute approximate surface area is 168 Å². The molecule has 2 unspecified atom stereocenters. The highest BCUT2D eigenvalue weighted by molar-refractivity contribution is 5.68. The van der Waals surface area contributed by atoms with Crippen LogP contribution in [0.3, 0.4) is 0 Å². The molecule has 0 N–H and O–H groups in total. The van der Waals surface area contributed by atoms with Crippen LogP contribution in [0, 0.1) is 5.92 Å². The molecular weight excluding hydrogens is 348 g/mol. The summed E-state index contributed by atoms with van der Waals surface area (Å²) in [4.78, 5) is 17.3. The van der Waals surface area contributed by atoms with Crippen molar-refractivity contribution in [1.82, 2.24) is 9.80 Å². The number of rotatable bonds is 5. The molecular formula is C24H30N2O2. The molecule has 2 atom stereocenters. The monoisotopic (exact) mass is 378 g/mol. The number of fused-ring (bicyclic) bond motifs is 1. The molecule has 2 aliphatic heterocycles. The molecule has 1 amide bonds. The predicted octanol–water partition coefficient (Wildman–Crippen LogP) is 4.35. The molecule has 4 rings (SSSR count). The highest BCUT2D eigenvalue weighted by Crippen LogP contribution is 2.32. The minimum Gasteiger partial charge on any atom is -0.445 e. The Bertz CT molecular complexity index is 750. The van der Waals surface area contributed by atoms with Crippen molar-refractivity contribution in [3.63, 3.8) is 0 Å². The number of likely N-dealkylation sites (tertiary alicyclic amines) is 2. The summed E-state index contributed by atoms with van der Waals surface area (Å²) in [6.45, 7) is 4.34. The van der Waals surface area contributed by atoms with E-state index in [1.165, 1.54) is 18.4 Å². The topological polar surface area (TPSA) is 32.8 Å². The van der Waals surface area contributed by atoms with Crippen LogP contribution in [-0.2, 0) is 17.8 Å². The van der Waals surface area contributed by atoms with E-state index in [0.29, 0.717) is 18.6 Å². The van der Waals surface area contributed by atoms with Gasteiger partial charge in [0.25, 0.3) is 0 Å². The third-order valence-electron chi connectivity index (χ3n) is 6.18. The third-order valence-corrected chi connectivity index (χ3v) is 6.18. The maximum Gasteiger partial charge on any atom is 0.410 e. The Morgan fingerprint density at radius 3 is 2.39 bits per heavy atom. The van der Waals surface area contributed by atoms with Crippen LogP contribution in [0.1, 0.15) is 30.4 Å². The van der Waals surface area contributed by atoms with E-state index in [2.05, 4.69) is 35.2 Å². The van der Waals surface area contributed by atoms with E-state index >= 15 is 0 Å². The fourth-order valence-corrected chi connectivity index (χ4v) is 4.60. The normalized spacial score (nSPS) is 22.5. The van der Waals surface area contributed by atoms with Gasteiger partial charge < -0.3 is 14.5 Å². The van der Waals surface area contributed by atoms with Gasteiger partial charge in [-0.15, -0.1) is 0 Å². The van der Waals surface area contributed by atoms with E-state index in [-0.39, 0.29) is 6.09 Å². The average Bonchev–Trinajstić information content (AvgIpc) is 3.03. The van der Waals surface area contributed by atoms with E-state index < -0.39 is 0 Å². The lowest BCUT2D eigenvalue weighted by atomic mass is 9.96. The van der Waals surface area contributed by atoms with Crippen LogP contribution in [0.25, 0.3) is 0 Å². The van der Waals surface area contributed by atoms with Crippen LogP contribution >= 0.6 is 0 Å². The van der Waals surface area contributed by atoms with E-state index in [0.717, 1.165) is 44.6 Å². The highest BCUT2D eigenvalue weighted by Gasteiger charge is 2.39. The lowest BCUT2D eigenvalue weighted by Gasteiger charge is -2.30. The van der Waals surface area contributed by atoms with Gasteiger partial charge in [0.15, 0.2) is 0 Å². The summed E-state index contributed by atoms with van der Waals surface area (Å²) in [6, 6.07) is 20.9. The molecule has 2 heterocycles. The Morgan fingerprint density at radius 1 is 0.929 bits per heavy atom. The summed E-state index contributed by atoms with van der Waals surface area (Å²) in [5.74, 6) is 0.617. The fraction of sp³-hybridized carbons (Fsp3) is 0.458. The minimum absolute atomic E-state index is 0.152. The largest absolute Gasteiger partial charge is 0.445 e. The maximum absolute atomic E-state index is 12.8. The van der Waals surface area contributed by atoms with Gasteiger partial charge >= 0.3 is 6.09 Å². The van der Waals surface area contributed by atoms with Crippen LogP contribution in [0.5, 0.6) is 0 Å². The number of hydrogen-bond acceptors (Lipinski definition) is 3. The maximum atomic E-state index is 12.8. The molecule has 0 bridgehead atoms. The molecule has 28 heavy (non-hydrogen) atoms. The fourth-order valence-electron chi connectivity index (χ4n) is 4.60. The van der Waals surface area contributed by atoms with E-state index in [4.69, 9.17) is 4.74 Å². The van der Waals surface area contributed by atoms with Gasteiger partial charge in [-0.25, -0.2) is 4.79 Å². The van der Waals surface area contributed by atoms with Crippen LogP contribution in [0.2, 0.25) is 0 Å². The number of ether oxygens (including phenoxy) is 1. The smallest absolute Gasteiger partial charge is 0.410 e. The van der Waals surface area contributed by atoms with E-state index in [1.54, 1.807) is 0 Å². The van der Waals surface area contributed by atoms with Crippen molar-refractivity contribution in [2.45, 2.75) is 38.3 Å². The van der Waals surface area contributed by atoms with Crippen molar-refractivity contribution >= 4 is 6.09 Å².